The minimum atomic E-state index is -4.74. The summed E-state index contributed by atoms with van der Waals surface area (Å²) < 4.78 is 39.0. The highest BCUT2D eigenvalue weighted by atomic mass is 35.5. The Morgan fingerprint density at radius 3 is 2.43 bits per heavy atom. The Morgan fingerprint density at radius 2 is 2.00 bits per heavy atom. The van der Waals surface area contributed by atoms with Crippen LogP contribution < -0.4 is 4.74 Å². The van der Waals surface area contributed by atoms with Gasteiger partial charge in [-0.25, -0.2) is 0 Å². The Hall–Kier alpha value is -0.940. The minimum Gasteiger partial charge on any atom is -0.674 e. The Balaban J connectivity index is 2.89. The molecule has 0 amide bonds. The molecular weight excluding hydrogens is 219 g/mol. The van der Waals surface area contributed by atoms with Crippen LogP contribution in [0.5, 0.6) is 5.75 Å². The molecule has 0 bridgehead atoms. The molecule has 0 unspecified atom stereocenters. The van der Waals surface area contributed by atoms with E-state index >= 15 is 0 Å². The lowest BCUT2D eigenvalue weighted by atomic mass is 10.2. The van der Waals surface area contributed by atoms with Gasteiger partial charge < -0.3 is 10.5 Å². The zero-order chi connectivity index (χ0) is 10.8. The van der Waals surface area contributed by atoms with Crippen LogP contribution in [0.25, 0.3) is 5.73 Å². The smallest absolute Gasteiger partial charge is 0.573 e. The lowest BCUT2D eigenvalue weighted by Gasteiger charge is -2.11. The maximum absolute atomic E-state index is 11.8. The summed E-state index contributed by atoms with van der Waals surface area (Å²) in [5.74, 6) is -0.448. The Bertz CT molecular complexity index is 327. The molecule has 6 heteroatoms. The van der Waals surface area contributed by atoms with Crippen molar-refractivity contribution in [3.63, 3.8) is 0 Å². The van der Waals surface area contributed by atoms with Crippen molar-refractivity contribution in [1.82, 2.24) is 0 Å². The van der Waals surface area contributed by atoms with Crippen molar-refractivity contribution < 1.29 is 17.9 Å². The van der Waals surface area contributed by atoms with Crippen molar-refractivity contribution in [2.24, 2.45) is 0 Å². The largest absolute Gasteiger partial charge is 0.674 e. The van der Waals surface area contributed by atoms with Gasteiger partial charge in [-0.15, -0.1) is 19.7 Å². The molecule has 0 saturated carbocycles. The lowest BCUT2D eigenvalue weighted by molar-refractivity contribution is -0.274. The third-order valence-electron chi connectivity index (χ3n) is 1.43. The van der Waals surface area contributed by atoms with E-state index in [9.17, 15) is 13.2 Å². The molecule has 0 aromatic heterocycles. The van der Waals surface area contributed by atoms with E-state index in [1.165, 1.54) is 12.1 Å². The number of rotatable bonds is 2. The summed E-state index contributed by atoms with van der Waals surface area (Å²) in [5.41, 5.74) is 7.50. The van der Waals surface area contributed by atoms with Crippen LogP contribution in [0.2, 0.25) is 5.02 Å². The molecule has 1 aromatic carbocycles. The van der Waals surface area contributed by atoms with Gasteiger partial charge in [-0.1, -0.05) is 23.2 Å². The van der Waals surface area contributed by atoms with Crippen LogP contribution in [0, 0.1) is 0 Å². The summed E-state index contributed by atoms with van der Waals surface area (Å²) >= 11 is 5.51. The maximum atomic E-state index is 11.8. The molecule has 0 heterocycles. The van der Waals surface area contributed by atoms with Crippen LogP contribution in [0.3, 0.4) is 0 Å². The number of ether oxygens (including phenoxy) is 1. The molecule has 0 fully saturated rings. The molecule has 1 N–H and O–H groups in total. The van der Waals surface area contributed by atoms with Crippen molar-refractivity contribution in [1.29, 1.82) is 0 Å². The van der Waals surface area contributed by atoms with Gasteiger partial charge in [-0.2, -0.15) is 0 Å². The van der Waals surface area contributed by atoms with Gasteiger partial charge >= 0.3 is 6.36 Å². The monoisotopic (exact) mass is 224 g/mol. The number of benzene rings is 1. The van der Waals surface area contributed by atoms with E-state index in [0.717, 1.165) is 6.07 Å². The van der Waals surface area contributed by atoms with E-state index in [-0.39, 0.29) is 11.6 Å². The van der Waals surface area contributed by atoms with E-state index in [0.29, 0.717) is 5.56 Å². The van der Waals surface area contributed by atoms with Crippen molar-refractivity contribution in [3.8, 4) is 5.75 Å². The Morgan fingerprint density at radius 1 is 1.36 bits per heavy atom. The third kappa shape index (κ3) is 3.08. The predicted molar refractivity (Wildman–Crippen MR) is 46.2 cm³/mol. The maximum Gasteiger partial charge on any atom is 0.573 e. The molecular formula is C8H6ClF3NO-. The topological polar surface area (TPSA) is 33.0 Å². The van der Waals surface area contributed by atoms with E-state index in [4.69, 9.17) is 17.3 Å². The van der Waals surface area contributed by atoms with Gasteiger partial charge in [0.15, 0.2) is 0 Å². The highest BCUT2D eigenvalue weighted by molar-refractivity contribution is 6.32. The summed E-state index contributed by atoms with van der Waals surface area (Å²) in [7, 11) is 0. The summed E-state index contributed by atoms with van der Waals surface area (Å²) in [6.07, 6.45) is -4.74. The van der Waals surface area contributed by atoms with Gasteiger partial charge in [0.2, 0.25) is 0 Å². The SMILES string of the molecule is [NH-]Cc1ccc(OC(F)(F)F)c(Cl)c1. The number of hydrogen-bond donors (Lipinski definition) is 0. The molecule has 0 atom stereocenters. The predicted octanol–water partition coefficient (Wildman–Crippen LogP) is 3.79. The van der Waals surface area contributed by atoms with Gasteiger partial charge in [-0.05, 0) is 12.1 Å². The third-order valence-corrected chi connectivity index (χ3v) is 1.72. The molecule has 0 aliphatic heterocycles. The average Bonchev–Trinajstić information content (AvgIpc) is 2.06. The molecule has 0 spiro atoms. The van der Waals surface area contributed by atoms with E-state index in [1.807, 2.05) is 0 Å². The highest BCUT2D eigenvalue weighted by Gasteiger charge is 2.31. The van der Waals surface area contributed by atoms with Crippen molar-refractivity contribution in [2.45, 2.75) is 12.9 Å². The Labute approximate surface area is 83.4 Å². The normalized spacial score (nSPS) is 11.5. The fourth-order valence-corrected chi connectivity index (χ4v) is 1.10. The Kier molecular flexibility index (Phi) is 3.23. The highest BCUT2D eigenvalue weighted by Crippen LogP contribution is 2.30. The molecule has 2 nitrogen and oxygen atoms in total. The number of alkyl halides is 3. The molecule has 78 valence electrons. The van der Waals surface area contributed by atoms with Crippen molar-refractivity contribution >= 4 is 11.6 Å². The number of hydrogen-bond acceptors (Lipinski definition) is 1. The van der Waals surface area contributed by atoms with Crippen LogP contribution in [-0.4, -0.2) is 6.36 Å². The van der Waals surface area contributed by atoms with Gasteiger partial charge in [0, 0.05) is 0 Å². The molecule has 14 heavy (non-hydrogen) atoms. The zero-order valence-corrected chi connectivity index (χ0v) is 7.62. The second kappa shape index (κ2) is 4.06. The number of halogens is 4. The summed E-state index contributed by atoms with van der Waals surface area (Å²) in [6.45, 7) is -0.0357. The minimum absolute atomic E-state index is 0.0357. The molecule has 0 aliphatic rings. The van der Waals surface area contributed by atoms with Gasteiger partial charge in [0.1, 0.15) is 5.75 Å². The quantitative estimate of drug-likeness (QED) is 0.752. The van der Waals surface area contributed by atoms with Crippen LogP contribution in [0.1, 0.15) is 5.56 Å². The van der Waals surface area contributed by atoms with Crippen molar-refractivity contribution in [3.05, 3.63) is 34.5 Å². The molecule has 1 rings (SSSR count). The first-order valence-corrected chi connectivity index (χ1v) is 3.99. The average molecular weight is 225 g/mol. The summed E-state index contributed by atoms with van der Waals surface area (Å²) in [4.78, 5) is 0. The second-order valence-corrected chi connectivity index (χ2v) is 2.90. The van der Waals surface area contributed by atoms with Gasteiger partial charge in [0.25, 0.3) is 0 Å². The fraction of sp³-hybridized carbons (Fsp3) is 0.250. The van der Waals surface area contributed by atoms with E-state index in [2.05, 4.69) is 4.74 Å². The van der Waals surface area contributed by atoms with E-state index < -0.39 is 12.1 Å². The molecule has 1 aromatic rings. The molecule has 0 saturated heterocycles. The standard InChI is InChI=1S/C8H6ClF3NO/c9-6-3-5(4-13)1-2-7(6)14-8(10,11)12/h1-3,13H,4H2/q-1. The van der Waals surface area contributed by atoms with Gasteiger partial charge in [0.05, 0.1) is 5.02 Å². The first-order chi connectivity index (χ1) is 6.42. The first-order valence-electron chi connectivity index (χ1n) is 3.61. The van der Waals surface area contributed by atoms with Crippen molar-refractivity contribution in [2.75, 3.05) is 0 Å². The summed E-state index contributed by atoms with van der Waals surface area (Å²) in [5, 5.41) is -0.146. The van der Waals surface area contributed by atoms with Crippen LogP contribution in [0.15, 0.2) is 18.2 Å². The molecule has 0 aliphatic carbocycles. The summed E-state index contributed by atoms with van der Waals surface area (Å²) in [6, 6.07) is 3.73. The van der Waals surface area contributed by atoms with Gasteiger partial charge in [-0.3, -0.25) is 0 Å². The van der Waals surface area contributed by atoms with Crippen LogP contribution in [-0.2, 0) is 6.54 Å². The van der Waals surface area contributed by atoms with E-state index in [1.54, 1.807) is 0 Å². The number of nitrogens with one attached hydrogen (secondary N) is 1. The lowest BCUT2D eigenvalue weighted by Crippen LogP contribution is -2.17. The fourth-order valence-electron chi connectivity index (χ4n) is 0.862. The molecule has 0 radical (unpaired) electrons. The second-order valence-electron chi connectivity index (χ2n) is 2.49. The first kappa shape index (κ1) is 11.1. The zero-order valence-electron chi connectivity index (χ0n) is 6.86. The van der Waals surface area contributed by atoms with Crippen LogP contribution in [0.4, 0.5) is 13.2 Å². The van der Waals surface area contributed by atoms with Crippen LogP contribution >= 0.6 is 11.6 Å².